The van der Waals surface area contributed by atoms with Crippen molar-refractivity contribution in [2.24, 2.45) is 0 Å². The minimum atomic E-state index is -4.01. The van der Waals surface area contributed by atoms with Crippen LogP contribution in [-0.2, 0) is 16.7 Å². The van der Waals surface area contributed by atoms with E-state index in [4.69, 9.17) is 4.74 Å². The van der Waals surface area contributed by atoms with Crippen LogP contribution in [0.3, 0.4) is 0 Å². The van der Waals surface area contributed by atoms with E-state index in [1.54, 1.807) is 30.2 Å². The number of thioether (sulfide) groups is 1. The van der Waals surface area contributed by atoms with E-state index in [1.807, 2.05) is 18.2 Å². The van der Waals surface area contributed by atoms with Crippen LogP contribution in [0, 0.1) is 0 Å². The lowest BCUT2D eigenvalue weighted by atomic mass is 10.1. The SMILES string of the molecule is CCN1/C(=C\c2sc3ccc4ccccc4c3[n+]2CCCS(=O)(=O)O)Sc2ccc(OC)cc21. The molecule has 0 radical (unpaired) electrons. The quantitative estimate of drug-likeness (QED) is 0.258. The van der Waals surface area contributed by atoms with Gasteiger partial charge in [0, 0.05) is 23.9 Å². The molecular formula is C25H25N2O4S3+. The number of thiazole rings is 1. The van der Waals surface area contributed by atoms with Gasteiger partial charge in [-0.1, -0.05) is 47.4 Å². The number of anilines is 1. The summed E-state index contributed by atoms with van der Waals surface area (Å²) in [7, 11) is -2.34. The van der Waals surface area contributed by atoms with Gasteiger partial charge in [-0.05, 0) is 36.6 Å². The van der Waals surface area contributed by atoms with Crippen molar-refractivity contribution in [2.45, 2.75) is 24.8 Å². The molecule has 0 saturated carbocycles. The highest BCUT2D eigenvalue weighted by molar-refractivity contribution is 8.03. The number of fused-ring (bicyclic) bond motifs is 4. The van der Waals surface area contributed by atoms with Crippen LogP contribution in [0.1, 0.15) is 18.4 Å². The summed E-state index contributed by atoms with van der Waals surface area (Å²) in [5, 5.41) is 4.43. The van der Waals surface area contributed by atoms with E-state index in [2.05, 4.69) is 58.9 Å². The highest BCUT2D eigenvalue weighted by atomic mass is 32.2. The first-order chi connectivity index (χ1) is 16.4. The van der Waals surface area contributed by atoms with Crippen molar-refractivity contribution in [1.29, 1.82) is 0 Å². The van der Waals surface area contributed by atoms with Gasteiger partial charge in [-0.3, -0.25) is 4.55 Å². The van der Waals surface area contributed by atoms with E-state index in [9.17, 15) is 13.0 Å². The molecular weight excluding hydrogens is 488 g/mol. The van der Waals surface area contributed by atoms with Gasteiger partial charge in [-0.2, -0.15) is 13.0 Å². The van der Waals surface area contributed by atoms with Crippen LogP contribution in [0.2, 0.25) is 0 Å². The fourth-order valence-electron chi connectivity index (χ4n) is 4.36. The first-order valence-corrected chi connectivity index (χ1v) is 14.3. The average molecular weight is 514 g/mol. The molecule has 9 heteroatoms. The summed E-state index contributed by atoms with van der Waals surface area (Å²) in [6.45, 7) is 3.43. The van der Waals surface area contributed by atoms with Crippen LogP contribution in [-0.4, -0.2) is 32.4 Å². The molecule has 0 unspecified atom stereocenters. The lowest BCUT2D eigenvalue weighted by Crippen LogP contribution is -2.36. The molecule has 0 amide bonds. The second kappa shape index (κ2) is 9.22. The Labute approximate surface area is 207 Å². The highest BCUT2D eigenvalue weighted by Crippen LogP contribution is 2.48. The summed E-state index contributed by atoms with van der Waals surface area (Å²) in [5.41, 5.74) is 2.22. The molecule has 0 bridgehead atoms. The maximum absolute atomic E-state index is 11.4. The minimum absolute atomic E-state index is 0.265. The van der Waals surface area contributed by atoms with E-state index in [1.165, 1.54) is 4.90 Å². The van der Waals surface area contributed by atoms with E-state index in [0.29, 0.717) is 13.0 Å². The lowest BCUT2D eigenvalue weighted by molar-refractivity contribution is -0.667. The van der Waals surface area contributed by atoms with Gasteiger partial charge in [0.2, 0.25) is 5.52 Å². The first kappa shape index (κ1) is 23.2. The second-order valence-corrected chi connectivity index (χ2v) is 11.7. The van der Waals surface area contributed by atoms with Gasteiger partial charge >= 0.3 is 0 Å². The summed E-state index contributed by atoms with van der Waals surface area (Å²) in [6, 6.07) is 18.6. The van der Waals surface area contributed by atoms with Gasteiger partial charge in [0.25, 0.3) is 15.1 Å². The molecule has 0 atom stereocenters. The van der Waals surface area contributed by atoms with Crippen molar-refractivity contribution < 1.29 is 22.3 Å². The van der Waals surface area contributed by atoms with Gasteiger partial charge in [0.1, 0.15) is 10.4 Å². The third-order valence-electron chi connectivity index (χ3n) is 5.90. The summed E-state index contributed by atoms with van der Waals surface area (Å²) < 4.78 is 40.8. The van der Waals surface area contributed by atoms with Crippen LogP contribution in [0.25, 0.3) is 27.1 Å². The van der Waals surface area contributed by atoms with E-state index >= 15 is 0 Å². The largest absolute Gasteiger partial charge is 0.497 e. The molecule has 4 aromatic rings. The molecule has 1 aromatic heterocycles. The smallest absolute Gasteiger partial charge is 0.265 e. The Hall–Kier alpha value is -2.59. The fourth-order valence-corrected chi connectivity index (χ4v) is 7.21. The van der Waals surface area contributed by atoms with Gasteiger partial charge in [0.05, 0.1) is 35.0 Å². The number of benzene rings is 3. The molecule has 3 aromatic carbocycles. The number of ether oxygens (including phenoxy) is 1. The summed E-state index contributed by atoms with van der Waals surface area (Å²) in [4.78, 5) is 3.45. The fraction of sp³-hybridized carbons (Fsp3) is 0.240. The minimum Gasteiger partial charge on any atom is -0.497 e. The molecule has 1 aliphatic heterocycles. The predicted octanol–water partition coefficient (Wildman–Crippen LogP) is 5.56. The Morgan fingerprint density at radius 1 is 1.15 bits per heavy atom. The van der Waals surface area contributed by atoms with Gasteiger partial charge < -0.3 is 9.64 Å². The van der Waals surface area contributed by atoms with Gasteiger partial charge in [-0.25, -0.2) is 0 Å². The van der Waals surface area contributed by atoms with E-state index in [-0.39, 0.29) is 5.75 Å². The van der Waals surface area contributed by atoms with Crippen molar-refractivity contribution in [3.63, 3.8) is 0 Å². The van der Waals surface area contributed by atoms with Crippen LogP contribution >= 0.6 is 23.1 Å². The maximum Gasteiger partial charge on any atom is 0.265 e. The Morgan fingerprint density at radius 2 is 1.97 bits per heavy atom. The van der Waals surface area contributed by atoms with Crippen molar-refractivity contribution in [1.82, 2.24) is 0 Å². The standard InChI is InChI=1S/C25H24N2O4S3/c1-3-26-20-15-18(31-2)10-12-21(20)32-23(26)16-24-27(13-6-14-34(28,29)30)25-19-8-5-4-7-17(19)9-11-22(25)33-24/h4-5,7-12,15-16H,3,6,13-14H2,1-2H3/p+1. The zero-order valence-corrected chi connectivity index (χ0v) is 21.3. The third-order valence-corrected chi connectivity index (χ3v) is 8.91. The van der Waals surface area contributed by atoms with Crippen molar-refractivity contribution in [3.8, 4) is 5.75 Å². The maximum atomic E-state index is 11.4. The number of aryl methyl sites for hydroxylation is 1. The number of nitrogens with zero attached hydrogens (tertiary/aromatic N) is 2. The van der Waals surface area contributed by atoms with Gasteiger partial charge in [0.15, 0.2) is 6.54 Å². The van der Waals surface area contributed by atoms with Crippen LogP contribution in [0.5, 0.6) is 5.75 Å². The molecule has 2 heterocycles. The molecule has 6 nitrogen and oxygen atoms in total. The van der Waals surface area contributed by atoms with E-state index < -0.39 is 10.1 Å². The Balaban J connectivity index is 1.63. The lowest BCUT2D eigenvalue weighted by Gasteiger charge is -2.17. The topological polar surface area (TPSA) is 70.7 Å². The molecule has 176 valence electrons. The normalized spacial score (nSPS) is 14.9. The Kier molecular flexibility index (Phi) is 6.28. The molecule has 1 aliphatic rings. The molecule has 0 aliphatic carbocycles. The number of methoxy groups -OCH3 is 1. The summed E-state index contributed by atoms with van der Waals surface area (Å²) in [6.07, 6.45) is 2.52. The molecule has 0 saturated heterocycles. The van der Waals surface area contributed by atoms with E-state index in [0.717, 1.165) is 49.0 Å². The number of rotatable bonds is 7. The molecule has 0 spiro atoms. The van der Waals surface area contributed by atoms with Crippen LogP contribution in [0.15, 0.2) is 64.5 Å². The zero-order valence-electron chi connectivity index (χ0n) is 18.9. The summed E-state index contributed by atoms with van der Waals surface area (Å²) in [5.74, 6) is 0.562. The van der Waals surface area contributed by atoms with Crippen molar-refractivity contribution in [3.05, 3.63) is 64.6 Å². The Bertz CT molecular complexity index is 1530. The number of hydrogen-bond donors (Lipinski definition) is 1. The molecule has 1 N–H and O–H groups in total. The molecule has 0 fully saturated rings. The van der Waals surface area contributed by atoms with Gasteiger partial charge in [-0.15, -0.1) is 0 Å². The van der Waals surface area contributed by atoms with Crippen LogP contribution in [0.4, 0.5) is 5.69 Å². The summed E-state index contributed by atoms with van der Waals surface area (Å²) >= 11 is 3.41. The second-order valence-electron chi connectivity index (χ2n) is 8.03. The number of aromatic nitrogens is 1. The monoisotopic (exact) mass is 513 g/mol. The Morgan fingerprint density at radius 3 is 2.74 bits per heavy atom. The molecule has 34 heavy (non-hydrogen) atoms. The molecule has 5 rings (SSSR count). The van der Waals surface area contributed by atoms with Crippen LogP contribution < -0.4 is 14.2 Å². The first-order valence-electron chi connectivity index (χ1n) is 11.0. The van der Waals surface area contributed by atoms with Crippen molar-refractivity contribution >= 4 is 66.0 Å². The highest BCUT2D eigenvalue weighted by Gasteiger charge is 2.28. The van der Waals surface area contributed by atoms with Crippen molar-refractivity contribution in [2.75, 3.05) is 24.3 Å². The third kappa shape index (κ3) is 4.40. The average Bonchev–Trinajstić information content (AvgIpc) is 3.35. The predicted molar refractivity (Wildman–Crippen MR) is 140 cm³/mol. The number of hydrogen-bond acceptors (Lipinski definition) is 6. The zero-order chi connectivity index (χ0) is 23.9.